The number of rotatable bonds is 58. The van der Waals surface area contributed by atoms with Crippen molar-refractivity contribution in [1.82, 2.24) is 5.32 Å². The lowest BCUT2D eigenvalue weighted by atomic mass is 10.0. The number of carbonyl (C=O) groups is 2. The van der Waals surface area contributed by atoms with E-state index in [2.05, 4.69) is 62.5 Å². The van der Waals surface area contributed by atoms with Gasteiger partial charge in [0.25, 0.3) is 0 Å². The van der Waals surface area contributed by atoms with Gasteiger partial charge in [-0.25, -0.2) is 4.57 Å². The number of nitrogens with one attached hydrogen (secondary N) is 1. The van der Waals surface area contributed by atoms with Crippen LogP contribution in [0.2, 0.25) is 0 Å². The molecule has 0 radical (unpaired) electrons. The Bertz CT molecular complexity index is 1420. The number of hydrogen-bond donors (Lipinski definition) is 2. The molecule has 440 valence electrons. The van der Waals surface area contributed by atoms with Crippen molar-refractivity contribution in [2.75, 3.05) is 40.9 Å². The zero-order chi connectivity index (χ0) is 55.0. The second kappa shape index (κ2) is 55.3. The Labute approximate surface area is 465 Å². The number of esters is 1. The first-order chi connectivity index (χ1) is 36.4. The normalized spacial score (nSPS) is 14.0. The first-order valence-corrected chi connectivity index (χ1v) is 33.5. The van der Waals surface area contributed by atoms with Crippen LogP contribution < -0.4 is 5.32 Å². The fourth-order valence-corrected chi connectivity index (χ4v) is 10.1. The second-order valence-corrected chi connectivity index (χ2v) is 24.4. The molecule has 0 saturated heterocycles. The Morgan fingerprint density at radius 1 is 0.480 bits per heavy atom. The van der Waals surface area contributed by atoms with Gasteiger partial charge in [-0.15, -0.1) is 0 Å². The number of nitrogens with zero attached hydrogens (tertiary/aromatic N) is 1. The number of hydrogen-bond acceptors (Lipinski definition) is 6. The third-order valence-electron chi connectivity index (χ3n) is 14.3. The van der Waals surface area contributed by atoms with Gasteiger partial charge in [0.2, 0.25) is 5.91 Å². The molecule has 0 aromatic heterocycles. The summed E-state index contributed by atoms with van der Waals surface area (Å²) in [6, 6.07) is -0.856. The van der Waals surface area contributed by atoms with Crippen LogP contribution in [0.15, 0.2) is 48.6 Å². The summed E-state index contributed by atoms with van der Waals surface area (Å²) in [5, 5.41) is 3.05. The van der Waals surface area contributed by atoms with E-state index in [0.29, 0.717) is 23.9 Å². The standard InChI is InChI=1S/C65H123N2O7P/c1-7-10-13-16-19-22-25-28-29-30-31-32-33-34-35-36-37-40-43-46-49-52-55-58-65(69)74-63(56-53-50-47-44-41-38-26-23-20-17-14-11-8-2)62(61-73-75(70,71)72-60-59-67(4,5)6)66-64(68)57-54-51-48-45-42-39-27-24-21-18-15-12-9-3/h12,15,18,21,24,27,53,56,62-63H,7-11,13-14,16-17,19-20,22-23,25-26,28-52,54-55,57-61H2,1-6H3,(H-,66,68,70,71)/p+1/b15-12+,21-18+,27-24-,56-53-. The number of quaternary nitrogens is 1. The van der Waals surface area contributed by atoms with Gasteiger partial charge in [0.15, 0.2) is 0 Å². The van der Waals surface area contributed by atoms with Gasteiger partial charge in [-0.2, -0.15) is 0 Å². The summed E-state index contributed by atoms with van der Waals surface area (Å²) in [7, 11) is 1.49. The van der Waals surface area contributed by atoms with Crippen LogP contribution in [0.3, 0.4) is 0 Å². The molecule has 1 amide bonds. The monoisotopic (exact) mass is 1080 g/mol. The Morgan fingerprint density at radius 3 is 1.27 bits per heavy atom. The van der Waals surface area contributed by atoms with Crippen LogP contribution >= 0.6 is 7.82 Å². The van der Waals surface area contributed by atoms with Crippen LogP contribution in [-0.4, -0.2) is 74.3 Å². The summed E-state index contributed by atoms with van der Waals surface area (Å²) in [5.74, 6) is -0.517. The number of phosphoric acid groups is 1. The van der Waals surface area contributed by atoms with E-state index in [1.54, 1.807) is 0 Å². The van der Waals surface area contributed by atoms with E-state index >= 15 is 0 Å². The molecule has 10 heteroatoms. The van der Waals surface area contributed by atoms with E-state index < -0.39 is 20.0 Å². The molecule has 0 bridgehead atoms. The molecule has 0 fully saturated rings. The topological polar surface area (TPSA) is 111 Å². The number of amides is 1. The molecule has 0 aliphatic heterocycles. The molecule has 3 unspecified atom stereocenters. The first kappa shape index (κ1) is 73.0. The van der Waals surface area contributed by atoms with Crippen molar-refractivity contribution >= 4 is 19.7 Å². The van der Waals surface area contributed by atoms with Crippen molar-refractivity contribution < 1.29 is 37.3 Å². The largest absolute Gasteiger partial charge is 0.472 e. The third kappa shape index (κ3) is 56.5. The summed E-state index contributed by atoms with van der Waals surface area (Å²) in [6.07, 6.45) is 68.4. The van der Waals surface area contributed by atoms with E-state index in [0.717, 1.165) is 83.5 Å². The Balaban J connectivity index is 5.14. The van der Waals surface area contributed by atoms with Gasteiger partial charge in [0.1, 0.15) is 19.3 Å². The van der Waals surface area contributed by atoms with E-state index in [9.17, 15) is 19.0 Å². The highest BCUT2D eigenvalue weighted by Crippen LogP contribution is 2.43. The number of allylic oxidation sites excluding steroid dienone is 7. The molecular formula is C65H124N2O7P+. The molecule has 0 aromatic rings. The average molecular weight is 1080 g/mol. The Hall–Kier alpha value is -2.03. The fraction of sp³-hybridized carbons (Fsp3) is 0.846. The molecule has 0 heterocycles. The molecule has 9 nitrogen and oxygen atoms in total. The van der Waals surface area contributed by atoms with Crippen molar-refractivity contribution in [1.29, 1.82) is 0 Å². The predicted octanol–water partition coefficient (Wildman–Crippen LogP) is 19.7. The minimum atomic E-state index is -4.45. The number of ether oxygens (including phenoxy) is 1. The van der Waals surface area contributed by atoms with Crippen LogP contribution in [-0.2, 0) is 27.9 Å². The molecule has 0 aliphatic rings. The molecule has 0 rings (SSSR count). The van der Waals surface area contributed by atoms with Crippen LogP contribution in [0.1, 0.15) is 303 Å². The van der Waals surface area contributed by atoms with E-state index in [1.807, 2.05) is 33.3 Å². The van der Waals surface area contributed by atoms with Crippen molar-refractivity contribution in [2.45, 2.75) is 315 Å². The van der Waals surface area contributed by atoms with Gasteiger partial charge in [-0.1, -0.05) is 288 Å². The number of unbranched alkanes of at least 4 members (excludes halogenated alkanes) is 38. The lowest BCUT2D eigenvalue weighted by Gasteiger charge is -2.27. The smallest absolute Gasteiger partial charge is 0.456 e. The lowest BCUT2D eigenvalue weighted by molar-refractivity contribution is -0.870. The minimum Gasteiger partial charge on any atom is -0.456 e. The highest BCUT2D eigenvalue weighted by molar-refractivity contribution is 7.47. The Morgan fingerprint density at radius 2 is 0.853 bits per heavy atom. The summed E-state index contributed by atoms with van der Waals surface area (Å²) < 4.78 is 30.7. The molecule has 0 aliphatic carbocycles. The maximum Gasteiger partial charge on any atom is 0.472 e. The van der Waals surface area contributed by atoms with E-state index in [-0.39, 0.29) is 25.1 Å². The molecule has 0 aromatic carbocycles. The quantitative estimate of drug-likeness (QED) is 0.0156. The molecule has 3 atom stereocenters. The maximum absolute atomic E-state index is 13.5. The van der Waals surface area contributed by atoms with Gasteiger partial charge in [0.05, 0.1) is 33.8 Å². The van der Waals surface area contributed by atoms with E-state index in [1.165, 1.54) is 186 Å². The zero-order valence-corrected chi connectivity index (χ0v) is 51.2. The van der Waals surface area contributed by atoms with Gasteiger partial charge >= 0.3 is 13.8 Å². The van der Waals surface area contributed by atoms with Crippen molar-refractivity contribution in [3.05, 3.63) is 48.6 Å². The highest BCUT2D eigenvalue weighted by atomic mass is 31.2. The summed E-state index contributed by atoms with van der Waals surface area (Å²) in [5.41, 5.74) is 0. The third-order valence-corrected chi connectivity index (χ3v) is 15.3. The van der Waals surface area contributed by atoms with Crippen LogP contribution in [0.5, 0.6) is 0 Å². The van der Waals surface area contributed by atoms with Crippen LogP contribution in [0.4, 0.5) is 0 Å². The van der Waals surface area contributed by atoms with Crippen LogP contribution in [0.25, 0.3) is 0 Å². The molecule has 75 heavy (non-hydrogen) atoms. The van der Waals surface area contributed by atoms with Crippen LogP contribution in [0, 0.1) is 0 Å². The van der Waals surface area contributed by atoms with Crippen molar-refractivity contribution in [2.24, 2.45) is 0 Å². The summed E-state index contributed by atoms with van der Waals surface area (Å²) in [6.45, 7) is 6.90. The predicted molar refractivity (Wildman–Crippen MR) is 323 cm³/mol. The lowest BCUT2D eigenvalue weighted by Crippen LogP contribution is -2.47. The molecule has 2 N–H and O–H groups in total. The van der Waals surface area contributed by atoms with E-state index in [4.69, 9.17) is 13.8 Å². The van der Waals surface area contributed by atoms with Gasteiger partial charge in [0, 0.05) is 12.8 Å². The van der Waals surface area contributed by atoms with Gasteiger partial charge in [-0.3, -0.25) is 18.6 Å². The van der Waals surface area contributed by atoms with Gasteiger partial charge in [-0.05, 0) is 51.0 Å². The summed E-state index contributed by atoms with van der Waals surface area (Å²) >= 11 is 0. The first-order valence-electron chi connectivity index (χ1n) is 32.0. The highest BCUT2D eigenvalue weighted by Gasteiger charge is 2.30. The molecule has 0 spiro atoms. The summed E-state index contributed by atoms with van der Waals surface area (Å²) in [4.78, 5) is 37.7. The second-order valence-electron chi connectivity index (χ2n) is 23.0. The number of phosphoric ester groups is 1. The molecule has 0 saturated carbocycles. The zero-order valence-electron chi connectivity index (χ0n) is 50.3. The fourth-order valence-electron chi connectivity index (χ4n) is 9.41. The van der Waals surface area contributed by atoms with Gasteiger partial charge < -0.3 is 19.4 Å². The van der Waals surface area contributed by atoms with Crippen molar-refractivity contribution in [3.63, 3.8) is 0 Å². The maximum atomic E-state index is 13.5. The average Bonchev–Trinajstić information content (AvgIpc) is 3.37. The number of carbonyl (C=O) groups excluding carboxylic acids is 2. The Kier molecular flexibility index (Phi) is 53.8. The van der Waals surface area contributed by atoms with Crippen molar-refractivity contribution in [3.8, 4) is 0 Å². The SMILES string of the molecule is CC/C=C/C=C/C=C\CCCCCCCC(=O)NC(COP(=O)(O)OCC[N+](C)(C)C)C(/C=C\CCCCCCCCCCCCC)OC(=O)CCCCCCCCCCCCCCCCCCCCCCCCC. The number of likely N-dealkylation sites (N-methyl/N-ethyl adjacent to an activating group) is 1. The minimum absolute atomic E-state index is 0.0368. The molecular weight excluding hydrogens is 952 g/mol.